The van der Waals surface area contributed by atoms with Crippen molar-refractivity contribution in [3.8, 4) is 5.69 Å². The van der Waals surface area contributed by atoms with Gasteiger partial charge in [-0.1, -0.05) is 24.3 Å². The van der Waals surface area contributed by atoms with Gasteiger partial charge in [0.15, 0.2) is 5.78 Å². The molecule has 0 aliphatic rings. The number of ketones is 1. The molecule has 2 heterocycles. The normalized spacial score (nSPS) is 10.4. The SMILES string of the molecule is O=C(Cc1ccccn1)c1ccn(-c2ccccc2)n1. The first-order chi connectivity index (χ1) is 9.83. The fourth-order valence-electron chi connectivity index (χ4n) is 1.95. The number of para-hydroxylation sites is 1. The first kappa shape index (κ1) is 12.3. The summed E-state index contributed by atoms with van der Waals surface area (Å²) in [4.78, 5) is 16.3. The van der Waals surface area contributed by atoms with Gasteiger partial charge in [-0.25, -0.2) is 4.68 Å². The number of aromatic nitrogens is 3. The summed E-state index contributed by atoms with van der Waals surface area (Å²) in [7, 11) is 0. The number of nitrogens with zero attached hydrogens (tertiary/aromatic N) is 3. The van der Waals surface area contributed by atoms with Gasteiger partial charge in [0.1, 0.15) is 5.69 Å². The average molecular weight is 263 g/mol. The van der Waals surface area contributed by atoms with Crippen molar-refractivity contribution in [3.05, 3.63) is 78.4 Å². The summed E-state index contributed by atoms with van der Waals surface area (Å²) in [6.45, 7) is 0. The minimum absolute atomic E-state index is 0.0293. The number of hydrogen-bond acceptors (Lipinski definition) is 3. The third-order valence-corrected chi connectivity index (χ3v) is 2.96. The maximum absolute atomic E-state index is 12.1. The van der Waals surface area contributed by atoms with Gasteiger partial charge >= 0.3 is 0 Å². The van der Waals surface area contributed by atoms with E-state index in [4.69, 9.17) is 0 Å². The van der Waals surface area contributed by atoms with Crippen LogP contribution in [-0.2, 0) is 6.42 Å². The molecular weight excluding hydrogens is 250 g/mol. The average Bonchev–Trinajstić information content (AvgIpc) is 2.99. The van der Waals surface area contributed by atoms with E-state index in [-0.39, 0.29) is 12.2 Å². The zero-order chi connectivity index (χ0) is 13.8. The van der Waals surface area contributed by atoms with E-state index in [0.717, 1.165) is 11.4 Å². The molecule has 98 valence electrons. The number of benzene rings is 1. The minimum atomic E-state index is -0.0293. The van der Waals surface area contributed by atoms with Gasteiger partial charge < -0.3 is 0 Å². The quantitative estimate of drug-likeness (QED) is 0.680. The van der Waals surface area contributed by atoms with Gasteiger partial charge in [0.2, 0.25) is 0 Å². The van der Waals surface area contributed by atoms with Crippen LogP contribution >= 0.6 is 0 Å². The molecule has 0 saturated carbocycles. The molecule has 0 N–H and O–H groups in total. The molecule has 0 bridgehead atoms. The summed E-state index contributed by atoms with van der Waals surface area (Å²) in [6, 6.07) is 17.0. The highest BCUT2D eigenvalue weighted by Crippen LogP contribution is 2.09. The lowest BCUT2D eigenvalue weighted by atomic mass is 10.1. The predicted molar refractivity (Wildman–Crippen MR) is 75.8 cm³/mol. The minimum Gasteiger partial charge on any atom is -0.292 e. The second-order valence-electron chi connectivity index (χ2n) is 4.40. The summed E-state index contributed by atoms with van der Waals surface area (Å²) in [5.41, 5.74) is 2.15. The molecule has 0 unspecified atom stereocenters. The zero-order valence-electron chi connectivity index (χ0n) is 10.8. The molecular formula is C16H13N3O. The number of pyridine rings is 1. The molecule has 0 aliphatic carbocycles. The van der Waals surface area contributed by atoms with Crippen molar-refractivity contribution < 1.29 is 4.79 Å². The molecule has 3 aromatic rings. The molecule has 0 spiro atoms. The lowest BCUT2D eigenvalue weighted by Crippen LogP contribution is -2.06. The van der Waals surface area contributed by atoms with Crippen LogP contribution in [0.1, 0.15) is 16.2 Å². The van der Waals surface area contributed by atoms with Gasteiger partial charge in [0.25, 0.3) is 0 Å². The van der Waals surface area contributed by atoms with Crippen molar-refractivity contribution >= 4 is 5.78 Å². The Kier molecular flexibility index (Phi) is 3.37. The van der Waals surface area contributed by atoms with Crippen molar-refractivity contribution in [1.29, 1.82) is 0 Å². The Morgan fingerprint density at radius 2 is 1.80 bits per heavy atom. The topological polar surface area (TPSA) is 47.8 Å². The Balaban J connectivity index is 1.79. The lowest BCUT2D eigenvalue weighted by Gasteiger charge is -2.00. The first-order valence-corrected chi connectivity index (χ1v) is 6.37. The van der Waals surface area contributed by atoms with Crippen molar-refractivity contribution in [1.82, 2.24) is 14.8 Å². The summed E-state index contributed by atoms with van der Waals surface area (Å²) >= 11 is 0. The van der Waals surface area contributed by atoms with E-state index in [1.54, 1.807) is 23.1 Å². The van der Waals surface area contributed by atoms with E-state index in [0.29, 0.717) is 5.69 Å². The smallest absolute Gasteiger partial charge is 0.188 e. The maximum atomic E-state index is 12.1. The van der Waals surface area contributed by atoms with E-state index >= 15 is 0 Å². The third-order valence-electron chi connectivity index (χ3n) is 2.96. The molecule has 0 saturated heterocycles. The van der Waals surface area contributed by atoms with Crippen molar-refractivity contribution in [2.75, 3.05) is 0 Å². The van der Waals surface area contributed by atoms with Crippen LogP contribution in [0.15, 0.2) is 67.0 Å². The van der Waals surface area contributed by atoms with Crippen LogP contribution in [0.25, 0.3) is 5.69 Å². The zero-order valence-corrected chi connectivity index (χ0v) is 10.8. The molecule has 20 heavy (non-hydrogen) atoms. The second kappa shape index (κ2) is 5.48. The first-order valence-electron chi connectivity index (χ1n) is 6.37. The van der Waals surface area contributed by atoms with Crippen LogP contribution in [0.3, 0.4) is 0 Å². The lowest BCUT2D eigenvalue weighted by molar-refractivity contribution is 0.0987. The van der Waals surface area contributed by atoms with Gasteiger partial charge in [0, 0.05) is 18.1 Å². The van der Waals surface area contributed by atoms with Crippen LogP contribution in [0.5, 0.6) is 0 Å². The molecule has 3 rings (SSSR count). The number of carbonyl (C=O) groups is 1. The van der Waals surface area contributed by atoms with Crippen molar-refractivity contribution in [3.63, 3.8) is 0 Å². The Morgan fingerprint density at radius 3 is 2.55 bits per heavy atom. The molecule has 1 aromatic carbocycles. The molecule has 0 aliphatic heterocycles. The van der Waals surface area contributed by atoms with Crippen molar-refractivity contribution in [2.24, 2.45) is 0 Å². The number of carbonyl (C=O) groups excluding carboxylic acids is 1. The standard InChI is InChI=1S/C16H13N3O/c20-16(12-13-6-4-5-10-17-13)15-9-11-19(18-15)14-7-2-1-3-8-14/h1-11H,12H2. The second-order valence-corrected chi connectivity index (χ2v) is 4.40. The molecule has 0 atom stereocenters. The monoisotopic (exact) mass is 263 g/mol. The molecule has 0 amide bonds. The van der Waals surface area contributed by atoms with Crippen molar-refractivity contribution in [2.45, 2.75) is 6.42 Å². The van der Waals surface area contributed by atoms with Gasteiger partial charge in [0.05, 0.1) is 12.1 Å². The largest absolute Gasteiger partial charge is 0.292 e. The fraction of sp³-hybridized carbons (Fsp3) is 0.0625. The fourth-order valence-corrected chi connectivity index (χ4v) is 1.95. The third kappa shape index (κ3) is 2.64. The van der Waals surface area contributed by atoms with Crippen LogP contribution < -0.4 is 0 Å². The highest BCUT2D eigenvalue weighted by molar-refractivity contribution is 5.95. The van der Waals surface area contributed by atoms with E-state index in [9.17, 15) is 4.79 Å². The van der Waals surface area contributed by atoms with Crippen LogP contribution in [-0.4, -0.2) is 20.5 Å². The van der Waals surface area contributed by atoms with Crippen LogP contribution in [0.2, 0.25) is 0 Å². The van der Waals surface area contributed by atoms with E-state index in [1.165, 1.54) is 0 Å². The number of hydrogen-bond donors (Lipinski definition) is 0. The highest BCUT2D eigenvalue weighted by Gasteiger charge is 2.11. The molecule has 0 fully saturated rings. The number of Topliss-reactive ketones (excluding diaryl/α,β-unsaturated/α-hetero) is 1. The number of rotatable bonds is 4. The Labute approximate surface area is 116 Å². The molecule has 0 radical (unpaired) electrons. The molecule has 4 heteroatoms. The van der Waals surface area contributed by atoms with Crippen LogP contribution in [0.4, 0.5) is 0 Å². The Morgan fingerprint density at radius 1 is 1.00 bits per heavy atom. The van der Waals surface area contributed by atoms with E-state index in [2.05, 4.69) is 10.1 Å². The van der Waals surface area contributed by atoms with E-state index in [1.807, 2.05) is 48.5 Å². The maximum Gasteiger partial charge on any atom is 0.188 e. The highest BCUT2D eigenvalue weighted by atomic mass is 16.1. The summed E-state index contributed by atoms with van der Waals surface area (Å²) in [5, 5.41) is 4.32. The summed E-state index contributed by atoms with van der Waals surface area (Å²) in [5.74, 6) is -0.0293. The summed E-state index contributed by atoms with van der Waals surface area (Å²) in [6.07, 6.45) is 3.75. The predicted octanol–water partition coefficient (Wildman–Crippen LogP) is 2.69. The van der Waals surface area contributed by atoms with Gasteiger partial charge in [-0.05, 0) is 30.3 Å². The van der Waals surface area contributed by atoms with Gasteiger partial charge in [-0.2, -0.15) is 5.10 Å². The summed E-state index contributed by atoms with van der Waals surface area (Å²) < 4.78 is 1.70. The molecule has 2 aromatic heterocycles. The van der Waals surface area contributed by atoms with Gasteiger partial charge in [-0.3, -0.25) is 9.78 Å². The van der Waals surface area contributed by atoms with Crippen LogP contribution in [0, 0.1) is 0 Å². The van der Waals surface area contributed by atoms with Gasteiger partial charge in [-0.15, -0.1) is 0 Å². The molecule has 4 nitrogen and oxygen atoms in total. The Hall–Kier alpha value is -2.75. The van der Waals surface area contributed by atoms with E-state index < -0.39 is 0 Å². The Bertz CT molecular complexity index is 705.